The van der Waals surface area contributed by atoms with Crippen LogP contribution in [0.2, 0.25) is 0 Å². The SMILES string of the molecule is O=C(COc1ccc([N+](=O)[O-])c2cccnc12)Nc1ccccc1Cc1ccccc1. The molecule has 31 heavy (non-hydrogen) atoms. The number of ether oxygens (including phenoxy) is 1. The van der Waals surface area contributed by atoms with Gasteiger partial charge in [0.2, 0.25) is 0 Å². The molecule has 0 aliphatic heterocycles. The molecule has 1 aromatic heterocycles. The molecule has 7 heteroatoms. The van der Waals surface area contributed by atoms with Crippen molar-refractivity contribution in [2.24, 2.45) is 0 Å². The van der Waals surface area contributed by atoms with Crippen molar-refractivity contribution < 1.29 is 14.5 Å². The number of hydrogen-bond donors (Lipinski definition) is 1. The number of benzene rings is 3. The van der Waals surface area contributed by atoms with Gasteiger partial charge in [-0.2, -0.15) is 0 Å². The maximum absolute atomic E-state index is 12.5. The Hall–Kier alpha value is -4.26. The van der Waals surface area contributed by atoms with Crippen LogP contribution in [0.1, 0.15) is 11.1 Å². The maximum Gasteiger partial charge on any atom is 0.279 e. The van der Waals surface area contributed by atoms with Gasteiger partial charge in [0.05, 0.1) is 10.3 Å². The monoisotopic (exact) mass is 413 g/mol. The molecule has 0 radical (unpaired) electrons. The molecule has 4 aromatic rings. The van der Waals surface area contributed by atoms with Crippen molar-refractivity contribution in [3.05, 3.63) is 106 Å². The molecular weight excluding hydrogens is 394 g/mol. The number of amides is 1. The zero-order chi connectivity index (χ0) is 21.6. The zero-order valence-electron chi connectivity index (χ0n) is 16.5. The van der Waals surface area contributed by atoms with Gasteiger partial charge in [0.25, 0.3) is 11.6 Å². The third-order valence-electron chi connectivity index (χ3n) is 4.79. The highest BCUT2D eigenvalue weighted by Crippen LogP contribution is 2.31. The minimum atomic E-state index is -0.468. The highest BCUT2D eigenvalue weighted by Gasteiger charge is 2.16. The number of pyridine rings is 1. The van der Waals surface area contributed by atoms with Gasteiger partial charge in [-0.05, 0) is 41.8 Å². The molecule has 0 atom stereocenters. The average molecular weight is 413 g/mol. The lowest BCUT2D eigenvalue weighted by Crippen LogP contribution is -2.21. The van der Waals surface area contributed by atoms with Crippen molar-refractivity contribution in [1.82, 2.24) is 4.98 Å². The highest BCUT2D eigenvalue weighted by atomic mass is 16.6. The molecule has 0 fully saturated rings. The van der Waals surface area contributed by atoms with Gasteiger partial charge in [-0.3, -0.25) is 19.9 Å². The molecule has 0 aliphatic rings. The molecule has 4 rings (SSSR count). The van der Waals surface area contributed by atoms with E-state index < -0.39 is 4.92 Å². The van der Waals surface area contributed by atoms with Crippen molar-refractivity contribution in [2.75, 3.05) is 11.9 Å². The van der Waals surface area contributed by atoms with Gasteiger partial charge in [-0.25, -0.2) is 0 Å². The molecule has 0 saturated carbocycles. The number of nitro benzene ring substituents is 1. The first-order chi connectivity index (χ1) is 15.1. The van der Waals surface area contributed by atoms with Crippen LogP contribution >= 0.6 is 0 Å². The van der Waals surface area contributed by atoms with E-state index in [9.17, 15) is 14.9 Å². The van der Waals surface area contributed by atoms with Crippen molar-refractivity contribution in [3.63, 3.8) is 0 Å². The predicted octanol–water partition coefficient (Wildman–Crippen LogP) is 4.75. The van der Waals surface area contributed by atoms with Crippen molar-refractivity contribution in [1.29, 1.82) is 0 Å². The number of nitro groups is 1. The van der Waals surface area contributed by atoms with Gasteiger partial charge in [-0.15, -0.1) is 0 Å². The Morgan fingerprint density at radius 3 is 2.55 bits per heavy atom. The topological polar surface area (TPSA) is 94.4 Å². The van der Waals surface area contributed by atoms with Crippen LogP contribution in [-0.2, 0) is 11.2 Å². The van der Waals surface area contributed by atoms with Gasteiger partial charge in [-0.1, -0.05) is 48.5 Å². The second kappa shape index (κ2) is 9.04. The summed E-state index contributed by atoms with van der Waals surface area (Å²) in [4.78, 5) is 27.5. The van der Waals surface area contributed by atoms with E-state index in [-0.39, 0.29) is 18.2 Å². The number of carbonyl (C=O) groups excluding carboxylic acids is 1. The van der Waals surface area contributed by atoms with Crippen LogP contribution in [-0.4, -0.2) is 22.4 Å². The fraction of sp³-hybridized carbons (Fsp3) is 0.0833. The van der Waals surface area contributed by atoms with Gasteiger partial charge < -0.3 is 10.1 Å². The van der Waals surface area contributed by atoms with Gasteiger partial charge >= 0.3 is 0 Å². The zero-order valence-corrected chi connectivity index (χ0v) is 16.5. The lowest BCUT2D eigenvalue weighted by atomic mass is 10.0. The van der Waals surface area contributed by atoms with E-state index in [0.29, 0.717) is 28.8 Å². The van der Waals surface area contributed by atoms with E-state index in [4.69, 9.17) is 4.74 Å². The van der Waals surface area contributed by atoms with E-state index in [1.165, 1.54) is 18.3 Å². The summed E-state index contributed by atoms with van der Waals surface area (Å²) in [6, 6.07) is 23.6. The molecule has 0 aliphatic carbocycles. The number of nitrogens with one attached hydrogen (secondary N) is 1. The predicted molar refractivity (Wildman–Crippen MR) is 118 cm³/mol. The molecule has 7 nitrogen and oxygen atoms in total. The second-order valence-electron chi connectivity index (χ2n) is 6.90. The molecule has 1 N–H and O–H groups in total. The van der Waals surface area contributed by atoms with Gasteiger partial charge in [0.1, 0.15) is 11.3 Å². The minimum absolute atomic E-state index is 0.0604. The molecule has 0 unspecified atom stereocenters. The number of fused-ring (bicyclic) bond motifs is 1. The van der Waals surface area contributed by atoms with Crippen LogP contribution in [0.15, 0.2) is 85.1 Å². The summed E-state index contributed by atoms with van der Waals surface area (Å²) in [5.41, 5.74) is 3.13. The number of carbonyl (C=O) groups is 1. The lowest BCUT2D eigenvalue weighted by Gasteiger charge is -2.12. The summed E-state index contributed by atoms with van der Waals surface area (Å²) in [7, 11) is 0. The molecule has 3 aromatic carbocycles. The Morgan fingerprint density at radius 1 is 0.968 bits per heavy atom. The Bertz CT molecular complexity index is 1240. The Kier molecular flexibility index (Phi) is 5.84. The third kappa shape index (κ3) is 4.67. The maximum atomic E-state index is 12.5. The fourth-order valence-corrected chi connectivity index (χ4v) is 3.35. The van der Waals surface area contributed by atoms with Crippen LogP contribution in [0.4, 0.5) is 11.4 Å². The fourth-order valence-electron chi connectivity index (χ4n) is 3.35. The third-order valence-corrected chi connectivity index (χ3v) is 4.79. The molecule has 1 heterocycles. The Balaban J connectivity index is 1.47. The number of nitrogens with zero attached hydrogens (tertiary/aromatic N) is 2. The number of para-hydroxylation sites is 1. The molecule has 154 valence electrons. The molecule has 1 amide bonds. The minimum Gasteiger partial charge on any atom is -0.481 e. The van der Waals surface area contributed by atoms with Crippen LogP contribution < -0.4 is 10.1 Å². The Morgan fingerprint density at radius 2 is 1.74 bits per heavy atom. The summed E-state index contributed by atoms with van der Waals surface area (Å²) in [6.07, 6.45) is 2.22. The smallest absolute Gasteiger partial charge is 0.279 e. The molecule has 0 spiro atoms. The van der Waals surface area contributed by atoms with E-state index in [0.717, 1.165) is 11.1 Å². The van der Waals surface area contributed by atoms with Crippen LogP contribution in [0, 0.1) is 10.1 Å². The Labute approximate surface area is 178 Å². The van der Waals surface area contributed by atoms with E-state index >= 15 is 0 Å². The van der Waals surface area contributed by atoms with E-state index in [2.05, 4.69) is 10.3 Å². The summed E-state index contributed by atoms with van der Waals surface area (Å²) in [5, 5.41) is 14.5. The largest absolute Gasteiger partial charge is 0.481 e. The number of hydrogen-bond acceptors (Lipinski definition) is 5. The quantitative estimate of drug-likeness (QED) is 0.348. The van der Waals surface area contributed by atoms with Crippen LogP contribution in [0.25, 0.3) is 10.9 Å². The highest BCUT2D eigenvalue weighted by molar-refractivity contribution is 5.94. The summed E-state index contributed by atoms with van der Waals surface area (Å²) in [6.45, 7) is -0.247. The van der Waals surface area contributed by atoms with Gasteiger partial charge in [0, 0.05) is 18.0 Å². The average Bonchev–Trinajstić information content (AvgIpc) is 2.79. The lowest BCUT2D eigenvalue weighted by molar-refractivity contribution is -0.383. The number of aromatic nitrogens is 1. The molecule has 0 bridgehead atoms. The standard InChI is InChI=1S/C24H19N3O4/c28-23(26-20-11-5-4-9-18(20)15-17-7-2-1-3-8-17)16-31-22-13-12-21(27(29)30)19-10-6-14-25-24(19)22/h1-14H,15-16H2,(H,26,28). The van der Waals surface area contributed by atoms with E-state index in [1.807, 2.05) is 54.6 Å². The van der Waals surface area contributed by atoms with Crippen LogP contribution in [0.3, 0.4) is 0 Å². The van der Waals surface area contributed by atoms with Gasteiger partial charge in [0.15, 0.2) is 6.61 Å². The first-order valence-corrected chi connectivity index (χ1v) is 9.68. The first-order valence-electron chi connectivity index (χ1n) is 9.68. The normalized spacial score (nSPS) is 10.6. The summed E-state index contributed by atoms with van der Waals surface area (Å²) >= 11 is 0. The van der Waals surface area contributed by atoms with E-state index in [1.54, 1.807) is 12.1 Å². The number of rotatable bonds is 7. The number of anilines is 1. The summed E-state index contributed by atoms with van der Waals surface area (Å²) in [5.74, 6) is -0.0168. The second-order valence-corrected chi connectivity index (χ2v) is 6.90. The first kappa shape index (κ1) is 20.0. The van der Waals surface area contributed by atoms with Crippen molar-refractivity contribution in [3.8, 4) is 5.75 Å². The molecular formula is C24H19N3O4. The van der Waals surface area contributed by atoms with Crippen molar-refractivity contribution >= 4 is 28.2 Å². The molecule has 0 saturated heterocycles. The van der Waals surface area contributed by atoms with Crippen LogP contribution in [0.5, 0.6) is 5.75 Å². The summed E-state index contributed by atoms with van der Waals surface area (Å²) < 4.78 is 5.65. The van der Waals surface area contributed by atoms with Crippen molar-refractivity contribution in [2.45, 2.75) is 6.42 Å². The number of non-ortho nitro benzene ring substituents is 1.